The highest BCUT2D eigenvalue weighted by Crippen LogP contribution is 2.24. The number of ether oxygens (including phenoxy) is 2. The number of nitrogens with one attached hydrogen (secondary N) is 3. The molecule has 9 nitrogen and oxygen atoms in total. The molecule has 0 bridgehead atoms. The normalized spacial score (nSPS) is 14.8. The Balaban J connectivity index is 1.13. The zero-order valence-corrected chi connectivity index (χ0v) is 25.3. The van der Waals surface area contributed by atoms with Crippen LogP contribution in [0.2, 0.25) is 0 Å². The zero-order chi connectivity index (χ0) is 30.7. The van der Waals surface area contributed by atoms with Crippen molar-refractivity contribution in [1.82, 2.24) is 25.1 Å². The Labute approximate surface area is 257 Å². The summed E-state index contributed by atoms with van der Waals surface area (Å²) in [6.45, 7) is 4.97. The number of halogens is 2. The second-order valence-electron chi connectivity index (χ2n) is 10.9. The molecule has 3 N–H and O–H groups in total. The molecular weight excluding hydrogens is 564 g/mol. The van der Waals surface area contributed by atoms with Gasteiger partial charge in [-0.1, -0.05) is 36.4 Å². The van der Waals surface area contributed by atoms with Crippen LogP contribution in [0.25, 0.3) is 11.0 Å². The number of likely N-dealkylation sites (tertiary alicyclic amines) is 1. The number of fused-ring (bicyclic) bond motifs is 1. The summed E-state index contributed by atoms with van der Waals surface area (Å²) in [6, 6.07) is 21.4. The van der Waals surface area contributed by atoms with E-state index in [1.165, 1.54) is 24.3 Å². The van der Waals surface area contributed by atoms with Gasteiger partial charge in [-0.25, -0.2) is 18.8 Å². The molecule has 1 aliphatic rings. The highest BCUT2D eigenvalue weighted by atomic mass is 19.1. The van der Waals surface area contributed by atoms with Gasteiger partial charge in [-0.3, -0.25) is 0 Å². The number of guanidine groups is 1. The van der Waals surface area contributed by atoms with Gasteiger partial charge in [-0.05, 0) is 60.4 Å². The van der Waals surface area contributed by atoms with E-state index in [0.717, 1.165) is 60.6 Å². The molecule has 3 aromatic carbocycles. The lowest BCUT2D eigenvalue weighted by Crippen LogP contribution is -2.46. The summed E-state index contributed by atoms with van der Waals surface area (Å²) in [5.74, 6) is 0.985. The monoisotopic (exact) mass is 605 g/mol. The second kappa shape index (κ2) is 15.6. The first-order chi connectivity index (χ1) is 21.5. The first-order valence-corrected chi connectivity index (χ1v) is 15.0. The first-order valence-electron chi connectivity index (χ1n) is 15.0. The fraction of sp³-hybridized carbons (Fsp3) is 0.394. The summed E-state index contributed by atoms with van der Waals surface area (Å²) in [7, 11) is 3.19. The lowest BCUT2D eigenvalue weighted by Gasteiger charge is -2.32. The molecule has 0 atom stereocenters. The maximum absolute atomic E-state index is 13.5. The number of methoxy groups -OCH3 is 2. The van der Waals surface area contributed by atoms with Gasteiger partial charge in [-0.2, -0.15) is 0 Å². The van der Waals surface area contributed by atoms with Gasteiger partial charge in [0, 0.05) is 46.4 Å². The second-order valence-corrected chi connectivity index (χ2v) is 10.9. The van der Waals surface area contributed by atoms with E-state index >= 15 is 0 Å². The predicted octanol–water partition coefficient (Wildman–Crippen LogP) is 4.59. The van der Waals surface area contributed by atoms with Gasteiger partial charge in [0.15, 0.2) is 12.2 Å². The largest absolute Gasteiger partial charge is 0.355 e. The average molecular weight is 606 g/mol. The van der Waals surface area contributed by atoms with Crippen molar-refractivity contribution in [1.29, 1.82) is 0 Å². The van der Waals surface area contributed by atoms with Crippen LogP contribution >= 0.6 is 0 Å². The minimum Gasteiger partial charge on any atom is -0.355 e. The van der Waals surface area contributed by atoms with Crippen molar-refractivity contribution in [3.05, 3.63) is 95.6 Å². The van der Waals surface area contributed by atoms with E-state index in [2.05, 4.69) is 36.5 Å². The quantitative estimate of drug-likeness (QED) is 0.117. The number of imidazole rings is 1. The Morgan fingerprint density at radius 3 is 2.25 bits per heavy atom. The highest BCUT2D eigenvalue weighted by Gasteiger charge is 2.21. The van der Waals surface area contributed by atoms with Gasteiger partial charge >= 0.3 is 0 Å². The molecule has 44 heavy (non-hydrogen) atoms. The van der Waals surface area contributed by atoms with Gasteiger partial charge in [0.05, 0.1) is 30.7 Å². The van der Waals surface area contributed by atoms with E-state index in [1.807, 2.05) is 30.3 Å². The number of aliphatic imine (C=N–C) groups is 1. The lowest BCUT2D eigenvalue weighted by atomic mass is 10.1. The van der Waals surface area contributed by atoms with Crippen LogP contribution in [0.1, 0.15) is 24.0 Å². The van der Waals surface area contributed by atoms with Gasteiger partial charge in [0.2, 0.25) is 5.95 Å². The number of aromatic nitrogens is 2. The molecule has 0 amide bonds. The summed E-state index contributed by atoms with van der Waals surface area (Å²) in [5.41, 5.74) is 3.93. The maximum atomic E-state index is 13.5. The molecule has 0 spiro atoms. The van der Waals surface area contributed by atoms with Crippen LogP contribution in [0, 0.1) is 11.6 Å². The van der Waals surface area contributed by atoms with E-state index in [-0.39, 0.29) is 11.6 Å². The third-order valence-electron chi connectivity index (χ3n) is 7.84. The Morgan fingerprint density at radius 2 is 1.57 bits per heavy atom. The number of nitrogens with zero attached hydrogens (tertiary/aromatic N) is 4. The van der Waals surface area contributed by atoms with Crippen LogP contribution in [0.15, 0.2) is 77.8 Å². The minimum atomic E-state index is -0.400. The maximum Gasteiger partial charge on any atom is 0.204 e. The first kappa shape index (κ1) is 31.4. The smallest absolute Gasteiger partial charge is 0.204 e. The van der Waals surface area contributed by atoms with Crippen LogP contribution in [-0.4, -0.2) is 79.7 Å². The van der Waals surface area contributed by atoms with E-state index in [4.69, 9.17) is 14.5 Å². The molecular formula is C33H41F2N7O2. The molecule has 1 saturated heterocycles. The zero-order valence-electron chi connectivity index (χ0n) is 25.3. The molecule has 0 radical (unpaired) electrons. The molecule has 0 aliphatic carbocycles. The van der Waals surface area contributed by atoms with Crippen LogP contribution in [0.5, 0.6) is 0 Å². The van der Waals surface area contributed by atoms with Crippen LogP contribution in [0.3, 0.4) is 0 Å². The van der Waals surface area contributed by atoms with E-state index in [1.54, 1.807) is 26.4 Å². The van der Waals surface area contributed by atoms with Crippen LogP contribution < -0.4 is 16.0 Å². The molecule has 1 aliphatic heterocycles. The average Bonchev–Trinajstić information content (AvgIpc) is 3.39. The number of benzene rings is 3. The molecule has 234 valence electrons. The van der Waals surface area contributed by atoms with Crippen molar-refractivity contribution in [2.45, 2.75) is 38.3 Å². The van der Waals surface area contributed by atoms with Gasteiger partial charge in [-0.15, -0.1) is 0 Å². The molecule has 0 saturated carbocycles. The number of hydrogen-bond donors (Lipinski definition) is 3. The molecule has 11 heteroatoms. The molecule has 0 unspecified atom stereocenters. The van der Waals surface area contributed by atoms with Crippen LogP contribution in [-0.2, 0) is 22.6 Å². The van der Waals surface area contributed by atoms with Gasteiger partial charge < -0.3 is 34.9 Å². The molecule has 2 heterocycles. The molecule has 5 rings (SSSR count). The number of hydrogen-bond acceptors (Lipinski definition) is 6. The topological polar surface area (TPSA) is 88.0 Å². The van der Waals surface area contributed by atoms with Crippen molar-refractivity contribution < 1.29 is 18.3 Å². The fourth-order valence-corrected chi connectivity index (χ4v) is 5.31. The minimum absolute atomic E-state index is 0.236. The summed E-state index contributed by atoms with van der Waals surface area (Å²) in [5, 5.41) is 10.4. The lowest BCUT2D eigenvalue weighted by molar-refractivity contribution is -0.0966. The molecule has 1 aromatic heterocycles. The summed E-state index contributed by atoms with van der Waals surface area (Å²) >= 11 is 0. The van der Waals surface area contributed by atoms with E-state index in [0.29, 0.717) is 38.2 Å². The SMILES string of the molecule is COC(CNC(=NCc1ccc(F)cc1)NCCN1CCC(Nc2nc3ccccc3n2Cc2ccc(F)cc2)CC1)OC. The summed E-state index contributed by atoms with van der Waals surface area (Å²) in [4.78, 5) is 12.0. The number of para-hydroxylation sites is 2. The van der Waals surface area contributed by atoms with E-state index < -0.39 is 6.29 Å². The van der Waals surface area contributed by atoms with Crippen LogP contribution in [0.4, 0.5) is 14.7 Å². The van der Waals surface area contributed by atoms with E-state index in [9.17, 15) is 8.78 Å². The Hall–Kier alpha value is -4.06. The highest BCUT2D eigenvalue weighted by molar-refractivity contribution is 5.80. The number of anilines is 1. The van der Waals surface area contributed by atoms with Gasteiger partial charge in [0.1, 0.15) is 11.6 Å². The van der Waals surface area contributed by atoms with Crippen molar-refractivity contribution in [2.24, 2.45) is 4.99 Å². The summed E-state index contributed by atoms with van der Waals surface area (Å²) < 4.78 is 39.5. The third kappa shape index (κ3) is 8.75. The Kier molecular flexibility index (Phi) is 11.1. The molecule has 4 aromatic rings. The summed E-state index contributed by atoms with van der Waals surface area (Å²) in [6.07, 6.45) is 1.59. The molecule has 1 fully saturated rings. The number of piperidine rings is 1. The standard InChI is InChI=1S/C33H41F2N7O2/c1-43-31(44-2)22-38-32(37-21-24-7-11-26(34)12-8-24)36-17-20-41-18-15-28(16-19-41)39-33-40-29-5-3-4-6-30(29)42(33)23-25-9-13-27(35)14-10-25/h3-14,28,31H,15-23H2,1-2H3,(H,39,40)(H2,36,37,38). The Morgan fingerprint density at radius 1 is 0.909 bits per heavy atom. The van der Waals surface area contributed by atoms with Crippen molar-refractivity contribution >= 4 is 22.9 Å². The fourth-order valence-electron chi connectivity index (χ4n) is 5.31. The van der Waals surface area contributed by atoms with Crippen molar-refractivity contribution in [2.75, 3.05) is 52.3 Å². The predicted molar refractivity (Wildman–Crippen MR) is 170 cm³/mol. The Bertz CT molecular complexity index is 1480. The third-order valence-corrected chi connectivity index (χ3v) is 7.84. The van der Waals surface area contributed by atoms with Crippen molar-refractivity contribution in [3.63, 3.8) is 0 Å². The van der Waals surface area contributed by atoms with Gasteiger partial charge in [0.25, 0.3) is 0 Å². The van der Waals surface area contributed by atoms with Crippen molar-refractivity contribution in [3.8, 4) is 0 Å². The number of rotatable bonds is 13.